The molecule has 3 aromatic rings. The number of nitrogens with one attached hydrogen (secondary N) is 2. The molecule has 0 aliphatic heterocycles. The lowest BCUT2D eigenvalue weighted by Gasteiger charge is -2.29. The van der Waals surface area contributed by atoms with Gasteiger partial charge in [-0.05, 0) is 44.0 Å². The highest BCUT2D eigenvalue weighted by Gasteiger charge is 2.23. The van der Waals surface area contributed by atoms with Crippen molar-refractivity contribution in [3.8, 4) is 11.3 Å². The summed E-state index contributed by atoms with van der Waals surface area (Å²) >= 11 is 0. The van der Waals surface area contributed by atoms with Gasteiger partial charge in [0.25, 0.3) is 5.91 Å². The molecule has 164 valence electrons. The maximum Gasteiger partial charge on any atom is 0.251 e. The zero-order valence-corrected chi connectivity index (χ0v) is 18.0. The molecule has 1 aliphatic rings. The van der Waals surface area contributed by atoms with E-state index in [1.165, 1.54) is 6.33 Å². The number of aromatic nitrogens is 2. The zero-order valence-electron chi connectivity index (χ0n) is 18.0. The third kappa shape index (κ3) is 5.00. The van der Waals surface area contributed by atoms with Gasteiger partial charge >= 0.3 is 0 Å². The van der Waals surface area contributed by atoms with Crippen LogP contribution in [0.2, 0.25) is 0 Å². The molecule has 0 spiro atoms. The predicted molar refractivity (Wildman–Crippen MR) is 125 cm³/mol. The van der Waals surface area contributed by atoms with E-state index in [4.69, 9.17) is 5.73 Å². The standard InChI is InChI=1S/C25H27N5O2/c1-16(31)19-6-2-3-7-20(19)23-14-24(28-15-27-23)29-18-12-10-17(11-13-18)25(32)30-22-9-5-4-8-21(22)26/h2-3,6-7,10-15,21-22H,4-5,8-9,26H2,1H3,(H,30,32)(H,27,28,29)/t21-,22-/m1/s1. The normalized spacial score (nSPS) is 18.1. The number of nitrogens with two attached hydrogens (primary N) is 1. The fraction of sp³-hybridized carbons (Fsp3) is 0.280. The van der Waals surface area contributed by atoms with Crippen molar-refractivity contribution in [1.82, 2.24) is 15.3 Å². The Kier molecular flexibility index (Phi) is 6.56. The molecule has 7 nitrogen and oxygen atoms in total. The molecule has 2 atom stereocenters. The highest BCUT2D eigenvalue weighted by Crippen LogP contribution is 2.25. The lowest BCUT2D eigenvalue weighted by Crippen LogP contribution is -2.49. The van der Waals surface area contributed by atoms with Gasteiger partial charge in [0, 0.05) is 40.5 Å². The second-order valence-corrected chi connectivity index (χ2v) is 8.12. The molecule has 1 amide bonds. The Bertz CT molecular complexity index is 1110. The van der Waals surface area contributed by atoms with Crippen LogP contribution in [0, 0.1) is 0 Å². The SMILES string of the molecule is CC(=O)c1ccccc1-c1cc(Nc2ccc(C(=O)N[C@@H]3CCCC[C@H]3N)cc2)ncn1. The smallest absolute Gasteiger partial charge is 0.251 e. The number of Topliss-reactive ketones (excluding diaryl/α,β-unsaturated/α-hetero) is 1. The van der Waals surface area contributed by atoms with Crippen LogP contribution >= 0.6 is 0 Å². The number of benzene rings is 2. The highest BCUT2D eigenvalue weighted by molar-refractivity contribution is 6.00. The van der Waals surface area contributed by atoms with E-state index in [9.17, 15) is 9.59 Å². The van der Waals surface area contributed by atoms with Crippen LogP contribution in [0.5, 0.6) is 0 Å². The topological polar surface area (TPSA) is 110 Å². The van der Waals surface area contributed by atoms with E-state index in [2.05, 4.69) is 20.6 Å². The first kappa shape index (κ1) is 21.6. The maximum atomic E-state index is 12.6. The number of carbonyl (C=O) groups excluding carboxylic acids is 2. The number of rotatable bonds is 6. The molecule has 0 bridgehead atoms. The van der Waals surface area contributed by atoms with Crippen molar-refractivity contribution in [3.63, 3.8) is 0 Å². The fourth-order valence-corrected chi connectivity index (χ4v) is 4.03. The number of hydrogen-bond donors (Lipinski definition) is 3. The number of anilines is 2. The second-order valence-electron chi connectivity index (χ2n) is 8.12. The molecular formula is C25H27N5O2. The van der Waals surface area contributed by atoms with Crippen molar-refractivity contribution < 1.29 is 9.59 Å². The molecule has 7 heteroatoms. The monoisotopic (exact) mass is 429 g/mol. The second kappa shape index (κ2) is 9.70. The quantitative estimate of drug-likeness (QED) is 0.509. The molecule has 0 unspecified atom stereocenters. The molecule has 32 heavy (non-hydrogen) atoms. The van der Waals surface area contributed by atoms with Crippen molar-refractivity contribution >= 4 is 23.2 Å². The van der Waals surface area contributed by atoms with Crippen LogP contribution in [-0.2, 0) is 0 Å². The van der Waals surface area contributed by atoms with E-state index in [1.807, 2.05) is 30.3 Å². The average molecular weight is 430 g/mol. The molecule has 1 aromatic heterocycles. The number of amides is 1. The van der Waals surface area contributed by atoms with Crippen molar-refractivity contribution in [2.45, 2.75) is 44.7 Å². The molecule has 1 saturated carbocycles. The Morgan fingerprint density at radius 3 is 2.50 bits per heavy atom. The third-order valence-electron chi connectivity index (χ3n) is 5.80. The Balaban J connectivity index is 1.46. The first-order chi connectivity index (χ1) is 15.5. The van der Waals surface area contributed by atoms with Crippen molar-refractivity contribution in [2.75, 3.05) is 5.32 Å². The lowest BCUT2D eigenvalue weighted by atomic mass is 9.91. The van der Waals surface area contributed by atoms with Gasteiger partial charge in [0.2, 0.25) is 0 Å². The summed E-state index contributed by atoms with van der Waals surface area (Å²) in [7, 11) is 0. The van der Waals surface area contributed by atoms with Crippen LogP contribution in [-0.4, -0.2) is 33.7 Å². The minimum atomic E-state index is -0.107. The maximum absolute atomic E-state index is 12.6. The number of carbonyl (C=O) groups is 2. The van der Waals surface area contributed by atoms with Gasteiger partial charge in [-0.25, -0.2) is 9.97 Å². The molecule has 4 N–H and O–H groups in total. The molecule has 1 aliphatic carbocycles. The third-order valence-corrected chi connectivity index (χ3v) is 5.80. The van der Waals surface area contributed by atoms with Gasteiger partial charge in [0.1, 0.15) is 12.1 Å². The van der Waals surface area contributed by atoms with Gasteiger partial charge in [0.15, 0.2) is 5.78 Å². The minimum Gasteiger partial charge on any atom is -0.348 e. The molecule has 1 fully saturated rings. The van der Waals surface area contributed by atoms with Crippen molar-refractivity contribution in [2.24, 2.45) is 5.73 Å². The van der Waals surface area contributed by atoms with E-state index in [1.54, 1.807) is 31.2 Å². The summed E-state index contributed by atoms with van der Waals surface area (Å²) in [6, 6.07) is 16.4. The van der Waals surface area contributed by atoms with Gasteiger partial charge in [-0.15, -0.1) is 0 Å². The summed E-state index contributed by atoms with van der Waals surface area (Å²) in [5.41, 5.74) is 9.56. The van der Waals surface area contributed by atoms with Crippen LogP contribution in [0.25, 0.3) is 11.3 Å². The number of hydrogen-bond acceptors (Lipinski definition) is 6. The van der Waals surface area contributed by atoms with E-state index >= 15 is 0 Å². The molecule has 4 rings (SSSR count). The molecule has 0 saturated heterocycles. The Hall–Kier alpha value is -3.58. The van der Waals surface area contributed by atoms with Crippen LogP contribution in [0.3, 0.4) is 0 Å². The van der Waals surface area contributed by atoms with Crippen LogP contribution < -0.4 is 16.4 Å². The molecular weight excluding hydrogens is 402 g/mol. The van der Waals surface area contributed by atoms with Crippen LogP contribution in [0.1, 0.15) is 53.3 Å². The predicted octanol–water partition coefficient (Wildman–Crippen LogP) is 4.09. The Labute approximate surface area is 187 Å². The summed E-state index contributed by atoms with van der Waals surface area (Å²) in [6.45, 7) is 1.54. The van der Waals surface area contributed by atoms with Crippen molar-refractivity contribution in [3.05, 3.63) is 72.1 Å². The van der Waals surface area contributed by atoms with Gasteiger partial charge in [0.05, 0.1) is 5.69 Å². The molecule has 1 heterocycles. The summed E-state index contributed by atoms with van der Waals surface area (Å²) < 4.78 is 0. The zero-order chi connectivity index (χ0) is 22.5. The first-order valence-corrected chi connectivity index (χ1v) is 10.9. The van der Waals surface area contributed by atoms with E-state index in [-0.39, 0.29) is 23.8 Å². The van der Waals surface area contributed by atoms with Crippen LogP contribution in [0.4, 0.5) is 11.5 Å². The minimum absolute atomic E-state index is 0.0169. The Morgan fingerprint density at radius 2 is 1.75 bits per heavy atom. The Morgan fingerprint density at radius 1 is 1.00 bits per heavy atom. The highest BCUT2D eigenvalue weighted by atomic mass is 16.1. The fourth-order valence-electron chi connectivity index (χ4n) is 4.03. The van der Waals surface area contributed by atoms with Crippen molar-refractivity contribution in [1.29, 1.82) is 0 Å². The van der Waals surface area contributed by atoms with Gasteiger partial charge in [-0.1, -0.05) is 37.1 Å². The number of ketones is 1. The lowest BCUT2D eigenvalue weighted by molar-refractivity contribution is 0.0920. The van der Waals surface area contributed by atoms with Gasteiger partial charge in [-0.3, -0.25) is 9.59 Å². The summed E-state index contributed by atoms with van der Waals surface area (Å²) in [5, 5.41) is 6.29. The van der Waals surface area contributed by atoms with E-state index < -0.39 is 0 Å². The number of nitrogens with zero attached hydrogens (tertiary/aromatic N) is 2. The summed E-state index contributed by atoms with van der Waals surface area (Å²) in [6.07, 6.45) is 5.56. The molecule has 0 radical (unpaired) electrons. The van der Waals surface area contributed by atoms with Crippen LogP contribution in [0.15, 0.2) is 60.9 Å². The molecule has 2 aromatic carbocycles. The summed E-state index contributed by atoms with van der Waals surface area (Å²) in [4.78, 5) is 33.1. The first-order valence-electron chi connectivity index (χ1n) is 10.9. The van der Waals surface area contributed by atoms with E-state index in [0.717, 1.165) is 36.9 Å². The van der Waals surface area contributed by atoms with Gasteiger partial charge < -0.3 is 16.4 Å². The average Bonchev–Trinajstić information content (AvgIpc) is 2.81. The summed E-state index contributed by atoms with van der Waals surface area (Å²) in [5.74, 6) is 0.472. The van der Waals surface area contributed by atoms with Gasteiger partial charge in [-0.2, -0.15) is 0 Å². The largest absolute Gasteiger partial charge is 0.348 e. The van der Waals surface area contributed by atoms with E-state index in [0.29, 0.717) is 22.6 Å².